The molecule has 112 valence electrons. The van der Waals surface area contributed by atoms with Crippen molar-refractivity contribution in [2.75, 3.05) is 25.1 Å². The number of hydrogen-bond acceptors (Lipinski definition) is 4. The van der Waals surface area contributed by atoms with Crippen LogP contribution in [0.25, 0.3) is 0 Å². The summed E-state index contributed by atoms with van der Waals surface area (Å²) in [5, 5.41) is 3.52. The van der Waals surface area contributed by atoms with Gasteiger partial charge in [0.2, 0.25) is 0 Å². The van der Waals surface area contributed by atoms with E-state index in [0.717, 1.165) is 38.3 Å². The maximum absolute atomic E-state index is 5.42. The highest BCUT2D eigenvalue weighted by Gasteiger charge is 2.19. The molecule has 1 aliphatic rings. The Balaban J connectivity index is 1.96. The Hall–Kier alpha value is -1.13. The average Bonchev–Trinajstić information content (AvgIpc) is 2.45. The van der Waals surface area contributed by atoms with E-state index < -0.39 is 0 Å². The highest BCUT2D eigenvalue weighted by molar-refractivity contribution is 5.41. The molecule has 0 atom stereocenters. The van der Waals surface area contributed by atoms with Gasteiger partial charge in [-0.05, 0) is 51.3 Å². The average molecular weight is 277 g/mol. The first-order valence-electron chi connectivity index (χ1n) is 7.45. The van der Waals surface area contributed by atoms with E-state index in [4.69, 9.17) is 4.74 Å². The van der Waals surface area contributed by atoms with E-state index in [9.17, 15) is 0 Å². The molecule has 0 amide bonds. The van der Waals surface area contributed by atoms with Crippen LogP contribution < -0.4 is 10.2 Å². The number of anilines is 1. The number of ether oxygens (including phenoxy) is 1. The summed E-state index contributed by atoms with van der Waals surface area (Å²) < 4.78 is 5.42. The Morgan fingerprint density at radius 2 is 2.05 bits per heavy atom. The SMILES string of the molecule is COC1CCN(c2cc(CNC(C)(C)C)ccn2)CC1. The molecule has 0 spiro atoms. The van der Waals surface area contributed by atoms with Crippen LogP contribution in [0.15, 0.2) is 18.3 Å². The Kier molecular flexibility index (Phi) is 5.00. The van der Waals surface area contributed by atoms with Crippen LogP contribution in [0.2, 0.25) is 0 Å². The monoisotopic (exact) mass is 277 g/mol. The Bertz CT molecular complexity index is 420. The number of pyridine rings is 1. The van der Waals surface area contributed by atoms with Gasteiger partial charge in [-0.3, -0.25) is 0 Å². The van der Waals surface area contributed by atoms with Gasteiger partial charge in [-0.25, -0.2) is 4.98 Å². The minimum absolute atomic E-state index is 0.139. The first kappa shape index (κ1) is 15.3. The van der Waals surface area contributed by atoms with Crippen LogP contribution in [0.4, 0.5) is 5.82 Å². The van der Waals surface area contributed by atoms with Crippen molar-refractivity contribution < 1.29 is 4.74 Å². The van der Waals surface area contributed by atoms with Crippen LogP contribution in [0.5, 0.6) is 0 Å². The molecule has 1 N–H and O–H groups in total. The number of aromatic nitrogens is 1. The Morgan fingerprint density at radius 1 is 1.35 bits per heavy atom. The third kappa shape index (κ3) is 4.46. The first-order valence-corrected chi connectivity index (χ1v) is 7.45. The molecule has 1 fully saturated rings. The number of nitrogens with zero attached hydrogens (tertiary/aromatic N) is 2. The van der Waals surface area contributed by atoms with Crippen molar-refractivity contribution in [3.8, 4) is 0 Å². The van der Waals surface area contributed by atoms with Gasteiger partial charge in [-0.2, -0.15) is 0 Å². The molecule has 0 aliphatic carbocycles. The largest absolute Gasteiger partial charge is 0.381 e. The lowest BCUT2D eigenvalue weighted by Gasteiger charge is -2.32. The lowest BCUT2D eigenvalue weighted by molar-refractivity contribution is 0.0818. The fraction of sp³-hybridized carbons (Fsp3) is 0.688. The van der Waals surface area contributed by atoms with E-state index in [2.05, 4.69) is 48.1 Å². The zero-order valence-electron chi connectivity index (χ0n) is 13.1. The van der Waals surface area contributed by atoms with Gasteiger partial charge in [0.25, 0.3) is 0 Å². The van der Waals surface area contributed by atoms with Gasteiger partial charge in [-0.1, -0.05) is 0 Å². The molecule has 20 heavy (non-hydrogen) atoms. The topological polar surface area (TPSA) is 37.4 Å². The smallest absolute Gasteiger partial charge is 0.128 e. The van der Waals surface area contributed by atoms with Crippen LogP contribution in [0.1, 0.15) is 39.2 Å². The Morgan fingerprint density at radius 3 is 2.65 bits per heavy atom. The third-order valence-electron chi connectivity index (χ3n) is 3.73. The second kappa shape index (κ2) is 6.55. The highest BCUT2D eigenvalue weighted by Crippen LogP contribution is 2.20. The second-order valence-corrected chi connectivity index (χ2v) is 6.55. The van der Waals surface area contributed by atoms with Crippen molar-refractivity contribution in [2.45, 2.75) is 51.8 Å². The number of hydrogen-bond donors (Lipinski definition) is 1. The van der Waals surface area contributed by atoms with Gasteiger partial charge in [-0.15, -0.1) is 0 Å². The van der Waals surface area contributed by atoms with E-state index in [1.807, 2.05) is 6.20 Å². The predicted octanol–water partition coefficient (Wildman–Crippen LogP) is 2.58. The fourth-order valence-electron chi connectivity index (χ4n) is 2.43. The normalized spacial score (nSPS) is 17.5. The summed E-state index contributed by atoms with van der Waals surface area (Å²) in [7, 11) is 1.80. The molecule has 0 aromatic carbocycles. The van der Waals surface area contributed by atoms with E-state index in [-0.39, 0.29) is 5.54 Å². The molecular weight excluding hydrogens is 250 g/mol. The summed E-state index contributed by atoms with van der Waals surface area (Å²) in [4.78, 5) is 6.87. The van der Waals surface area contributed by atoms with Crippen molar-refractivity contribution in [2.24, 2.45) is 0 Å². The molecule has 0 bridgehead atoms. The summed E-state index contributed by atoms with van der Waals surface area (Å²) in [6, 6.07) is 4.29. The lowest BCUT2D eigenvalue weighted by Crippen LogP contribution is -2.37. The second-order valence-electron chi connectivity index (χ2n) is 6.55. The number of rotatable bonds is 4. The predicted molar refractivity (Wildman–Crippen MR) is 83.1 cm³/mol. The molecule has 1 aromatic heterocycles. The summed E-state index contributed by atoms with van der Waals surface area (Å²) in [5.41, 5.74) is 1.43. The van der Waals surface area contributed by atoms with E-state index >= 15 is 0 Å². The molecule has 0 radical (unpaired) electrons. The van der Waals surface area contributed by atoms with Crippen molar-refractivity contribution in [1.29, 1.82) is 0 Å². The number of methoxy groups -OCH3 is 1. The standard InChI is InChI=1S/C16H27N3O/c1-16(2,3)18-12-13-5-8-17-15(11-13)19-9-6-14(20-4)7-10-19/h5,8,11,14,18H,6-7,9-10,12H2,1-4H3. The van der Waals surface area contributed by atoms with E-state index in [1.165, 1.54) is 5.56 Å². The first-order chi connectivity index (χ1) is 9.48. The third-order valence-corrected chi connectivity index (χ3v) is 3.73. The minimum Gasteiger partial charge on any atom is -0.381 e. The minimum atomic E-state index is 0.139. The van der Waals surface area contributed by atoms with Crippen LogP contribution >= 0.6 is 0 Å². The Labute approximate surface area is 122 Å². The molecule has 4 heteroatoms. The summed E-state index contributed by atoms with van der Waals surface area (Å²) in [6.07, 6.45) is 4.50. The zero-order valence-corrected chi connectivity index (χ0v) is 13.1. The molecule has 0 unspecified atom stereocenters. The van der Waals surface area contributed by atoms with Crippen molar-refractivity contribution in [3.63, 3.8) is 0 Å². The van der Waals surface area contributed by atoms with Crippen molar-refractivity contribution >= 4 is 5.82 Å². The molecule has 1 saturated heterocycles. The van der Waals surface area contributed by atoms with Crippen molar-refractivity contribution in [3.05, 3.63) is 23.9 Å². The van der Waals surface area contributed by atoms with E-state index in [1.54, 1.807) is 7.11 Å². The van der Waals surface area contributed by atoms with Crippen LogP contribution in [0, 0.1) is 0 Å². The van der Waals surface area contributed by atoms with Crippen LogP contribution in [0.3, 0.4) is 0 Å². The number of piperidine rings is 1. The molecule has 2 heterocycles. The number of nitrogens with one attached hydrogen (secondary N) is 1. The molecule has 2 rings (SSSR count). The van der Waals surface area contributed by atoms with Gasteiger partial charge in [0.15, 0.2) is 0 Å². The zero-order chi connectivity index (χ0) is 14.6. The van der Waals surface area contributed by atoms with Crippen molar-refractivity contribution in [1.82, 2.24) is 10.3 Å². The van der Waals surface area contributed by atoms with Gasteiger partial charge >= 0.3 is 0 Å². The van der Waals surface area contributed by atoms with Crippen LogP contribution in [-0.4, -0.2) is 36.8 Å². The molecule has 1 aromatic rings. The van der Waals surface area contributed by atoms with Crippen LogP contribution in [-0.2, 0) is 11.3 Å². The molecule has 1 aliphatic heterocycles. The fourth-order valence-corrected chi connectivity index (χ4v) is 2.43. The maximum atomic E-state index is 5.42. The molecular formula is C16H27N3O. The quantitative estimate of drug-likeness (QED) is 0.918. The van der Waals surface area contributed by atoms with Gasteiger partial charge in [0.1, 0.15) is 5.82 Å². The van der Waals surface area contributed by atoms with Gasteiger partial charge < -0.3 is 15.0 Å². The lowest BCUT2D eigenvalue weighted by atomic mass is 10.1. The highest BCUT2D eigenvalue weighted by atomic mass is 16.5. The van der Waals surface area contributed by atoms with Gasteiger partial charge in [0.05, 0.1) is 6.10 Å². The summed E-state index contributed by atoms with van der Waals surface area (Å²) >= 11 is 0. The summed E-state index contributed by atoms with van der Waals surface area (Å²) in [6.45, 7) is 9.50. The molecule has 0 saturated carbocycles. The van der Waals surface area contributed by atoms with Gasteiger partial charge in [0, 0.05) is 38.5 Å². The van der Waals surface area contributed by atoms with E-state index in [0.29, 0.717) is 6.10 Å². The maximum Gasteiger partial charge on any atom is 0.128 e. The molecule has 4 nitrogen and oxygen atoms in total. The summed E-state index contributed by atoms with van der Waals surface area (Å²) in [5.74, 6) is 1.09.